The van der Waals surface area contributed by atoms with Gasteiger partial charge in [-0.15, -0.1) is 0 Å². The highest BCUT2D eigenvalue weighted by molar-refractivity contribution is 7.48. The highest BCUT2D eigenvalue weighted by Crippen LogP contribution is 2.46. The Bertz CT molecular complexity index is 232. The van der Waals surface area contributed by atoms with E-state index < -0.39 is 7.82 Å². The summed E-state index contributed by atoms with van der Waals surface area (Å²) in [7, 11) is -0.931. The molecule has 0 radical (unpaired) electrons. The van der Waals surface area contributed by atoms with E-state index in [0.29, 0.717) is 0 Å². The lowest BCUT2D eigenvalue weighted by atomic mass is 10.1. The molecule has 0 aromatic rings. The third kappa shape index (κ3) is 4.94. The van der Waals surface area contributed by atoms with Gasteiger partial charge >= 0.3 is 7.82 Å². The zero-order chi connectivity index (χ0) is 10.3. The van der Waals surface area contributed by atoms with Gasteiger partial charge < -0.3 is 4.52 Å². The van der Waals surface area contributed by atoms with Crippen molar-refractivity contribution in [3.05, 3.63) is 0 Å². The van der Waals surface area contributed by atoms with Gasteiger partial charge in [0.25, 0.3) is 0 Å². The van der Waals surface area contributed by atoms with Crippen LogP contribution in [-0.4, -0.2) is 14.2 Å². The van der Waals surface area contributed by atoms with E-state index >= 15 is 0 Å². The summed E-state index contributed by atoms with van der Waals surface area (Å²) in [5, 5.41) is 0. The van der Waals surface area contributed by atoms with Gasteiger partial charge in [0.1, 0.15) is 6.11 Å². The summed E-state index contributed by atoms with van der Waals surface area (Å²) in [4.78, 5) is 0. The van der Waals surface area contributed by atoms with E-state index in [4.69, 9.17) is 0 Å². The normalized spacial score (nSPS) is 12.9. The van der Waals surface area contributed by atoms with Crippen molar-refractivity contribution < 1.29 is 18.1 Å². The Balaban J connectivity index is 4.11. The maximum absolute atomic E-state index is 11.3. The molecular formula is C8H15O4P. The quantitative estimate of drug-likeness (QED) is 0.523. The van der Waals surface area contributed by atoms with E-state index in [1.807, 2.05) is 13.8 Å². The molecule has 0 saturated carbocycles. The van der Waals surface area contributed by atoms with Crippen molar-refractivity contribution in [2.24, 2.45) is 5.92 Å². The van der Waals surface area contributed by atoms with Gasteiger partial charge in [0.2, 0.25) is 0 Å². The first-order chi connectivity index (χ1) is 6.08. The number of phosphoric ester groups is 1. The third-order valence-electron chi connectivity index (χ3n) is 1.52. The Hall–Kier alpha value is -0.490. The molecular weight excluding hydrogens is 191 g/mol. The molecule has 1 unspecified atom stereocenters. The summed E-state index contributed by atoms with van der Waals surface area (Å²) in [6.45, 7) is 3.95. The maximum Gasteiger partial charge on any atom is 0.538 e. The van der Waals surface area contributed by atoms with Gasteiger partial charge in [0.15, 0.2) is 0 Å². The predicted octanol–water partition coefficient (Wildman–Crippen LogP) is 2.41. The van der Waals surface area contributed by atoms with Gasteiger partial charge in [-0.1, -0.05) is 19.8 Å². The fourth-order valence-corrected chi connectivity index (χ4v) is 0.897. The smallest absolute Gasteiger partial charge is 0.350 e. The zero-order valence-electron chi connectivity index (χ0n) is 8.36. The van der Waals surface area contributed by atoms with Gasteiger partial charge in [-0.3, -0.25) is 9.05 Å². The first kappa shape index (κ1) is 12.5. The molecule has 0 heterocycles. The van der Waals surface area contributed by atoms with Crippen molar-refractivity contribution in [3.63, 3.8) is 0 Å². The Morgan fingerprint density at radius 2 is 1.92 bits per heavy atom. The number of hydrogen-bond acceptors (Lipinski definition) is 4. The summed E-state index contributed by atoms with van der Waals surface area (Å²) in [6, 6.07) is 0. The largest absolute Gasteiger partial charge is 0.538 e. The molecule has 13 heavy (non-hydrogen) atoms. The zero-order valence-corrected chi connectivity index (χ0v) is 9.26. The fraction of sp³-hybridized carbons (Fsp3) is 0.750. The molecule has 0 saturated heterocycles. The molecule has 0 N–H and O–H groups in total. The van der Waals surface area contributed by atoms with Crippen LogP contribution >= 0.6 is 7.82 Å². The summed E-state index contributed by atoms with van der Waals surface area (Å²) >= 11 is 0. The van der Waals surface area contributed by atoms with Crippen LogP contribution in [0, 0.1) is 17.9 Å². The standard InChI is InChI=1S/C8H15O4P/c1-5-8(2)6-7-12-13(9,10-3)11-4/h8H,5H2,1-4H3. The average molecular weight is 206 g/mol. The van der Waals surface area contributed by atoms with E-state index in [-0.39, 0.29) is 5.92 Å². The molecule has 0 aromatic heterocycles. The number of phosphoric acid groups is 1. The van der Waals surface area contributed by atoms with Gasteiger partial charge in [-0.25, -0.2) is 4.57 Å². The lowest BCUT2D eigenvalue weighted by Crippen LogP contribution is -1.91. The monoisotopic (exact) mass is 206 g/mol. The van der Waals surface area contributed by atoms with Crippen LogP contribution in [0.25, 0.3) is 0 Å². The lowest BCUT2D eigenvalue weighted by molar-refractivity contribution is 0.201. The van der Waals surface area contributed by atoms with Crippen LogP contribution in [0.2, 0.25) is 0 Å². The van der Waals surface area contributed by atoms with Crippen LogP contribution in [0.5, 0.6) is 0 Å². The molecule has 0 fully saturated rings. The van der Waals surface area contributed by atoms with Crippen molar-refractivity contribution in [1.82, 2.24) is 0 Å². The van der Waals surface area contributed by atoms with Crippen molar-refractivity contribution in [1.29, 1.82) is 0 Å². The SMILES string of the molecule is CCC(C)C#COP(=O)(OC)OC. The van der Waals surface area contributed by atoms with Crippen LogP contribution in [0.1, 0.15) is 20.3 Å². The minimum absolute atomic E-state index is 0.210. The highest BCUT2D eigenvalue weighted by Gasteiger charge is 2.22. The Labute approximate surface area is 79.2 Å². The Morgan fingerprint density at radius 3 is 2.31 bits per heavy atom. The van der Waals surface area contributed by atoms with Gasteiger partial charge in [-0.05, 0) is 6.42 Å². The van der Waals surface area contributed by atoms with Crippen molar-refractivity contribution in [2.45, 2.75) is 20.3 Å². The van der Waals surface area contributed by atoms with E-state index in [0.717, 1.165) is 6.42 Å². The second-order valence-electron chi connectivity index (χ2n) is 2.46. The van der Waals surface area contributed by atoms with Crippen LogP contribution in [0.15, 0.2) is 0 Å². The van der Waals surface area contributed by atoms with Gasteiger partial charge in [0.05, 0.1) is 0 Å². The Morgan fingerprint density at radius 1 is 1.38 bits per heavy atom. The topological polar surface area (TPSA) is 44.8 Å². The minimum atomic E-state index is -3.42. The molecule has 0 aromatic carbocycles. The Kier molecular flexibility index (Phi) is 5.81. The molecule has 0 aliphatic rings. The molecule has 0 spiro atoms. The summed E-state index contributed by atoms with van der Waals surface area (Å²) in [5.41, 5.74) is 0. The second-order valence-corrected chi connectivity index (χ2v) is 4.27. The van der Waals surface area contributed by atoms with Crippen molar-refractivity contribution in [3.8, 4) is 12.0 Å². The molecule has 4 nitrogen and oxygen atoms in total. The molecule has 1 atom stereocenters. The number of rotatable bonds is 4. The average Bonchev–Trinajstić information content (AvgIpc) is 2.17. The summed E-state index contributed by atoms with van der Waals surface area (Å²) in [6.07, 6.45) is 3.23. The van der Waals surface area contributed by atoms with E-state index in [1.165, 1.54) is 14.2 Å². The van der Waals surface area contributed by atoms with Crippen molar-refractivity contribution >= 4 is 7.82 Å². The van der Waals surface area contributed by atoms with Gasteiger partial charge in [0, 0.05) is 20.1 Å². The molecule has 0 aliphatic carbocycles. The van der Waals surface area contributed by atoms with Gasteiger partial charge in [-0.2, -0.15) is 0 Å². The first-order valence-electron chi connectivity index (χ1n) is 3.98. The van der Waals surface area contributed by atoms with E-state index in [9.17, 15) is 4.57 Å². The summed E-state index contributed by atoms with van der Waals surface area (Å²) < 4.78 is 24.9. The summed E-state index contributed by atoms with van der Waals surface area (Å²) in [5.74, 6) is 2.96. The second kappa shape index (κ2) is 6.04. The van der Waals surface area contributed by atoms with E-state index in [1.54, 1.807) is 0 Å². The molecule has 0 aliphatic heterocycles. The van der Waals surface area contributed by atoms with Crippen LogP contribution in [-0.2, 0) is 18.1 Å². The number of hydrogen-bond donors (Lipinski definition) is 0. The molecule has 0 bridgehead atoms. The van der Waals surface area contributed by atoms with Crippen LogP contribution < -0.4 is 0 Å². The highest BCUT2D eigenvalue weighted by atomic mass is 31.2. The van der Waals surface area contributed by atoms with Crippen LogP contribution in [0.4, 0.5) is 0 Å². The van der Waals surface area contributed by atoms with E-state index in [2.05, 4.69) is 25.6 Å². The minimum Gasteiger partial charge on any atom is -0.350 e. The van der Waals surface area contributed by atoms with Crippen molar-refractivity contribution in [2.75, 3.05) is 14.2 Å². The predicted molar refractivity (Wildman–Crippen MR) is 49.9 cm³/mol. The first-order valence-corrected chi connectivity index (χ1v) is 5.44. The lowest BCUT2D eigenvalue weighted by Gasteiger charge is -2.08. The molecule has 76 valence electrons. The molecule has 0 rings (SSSR count). The molecule has 0 amide bonds. The fourth-order valence-electron chi connectivity index (χ4n) is 0.434. The maximum atomic E-state index is 11.3. The van der Waals surface area contributed by atoms with Crippen LogP contribution in [0.3, 0.4) is 0 Å². The molecule has 5 heteroatoms. The third-order valence-corrected chi connectivity index (χ3v) is 2.73.